The monoisotopic (exact) mass is 268 g/mol. The highest BCUT2D eigenvalue weighted by Crippen LogP contribution is 2.27. The lowest BCUT2D eigenvalue weighted by atomic mass is 9.87. The van der Waals surface area contributed by atoms with E-state index in [-0.39, 0.29) is 17.9 Å². The first-order chi connectivity index (χ1) is 8.88. The van der Waals surface area contributed by atoms with Gasteiger partial charge < -0.3 is 14.9 Å². The fraction of sp³-hybridized carbons (Fsp3) is 0.857. The van der Waals surface area contributed by atoms with Gasteiger partial charge in [0.1, 0.15) is 0 Å². The third-order valence-corrected chi connectivity index (χ3v) is 4.42. The van der Waals surface area contributed by atoms with Crippen molar-refractivity contribution in [3.63, 3.8) is 0 Å². The van der Waals surface area contributed by atoms with Crippen LogP contribution >= 0.6 is 0 Å². The van der Waals surface area contributed by atoms with Crippen LogP contribution in [0.1, 0.15) is 27.2 Å². The van der Waals surface area contributed by atoms with E-state index in [0.717, 1.165) is 13.1 Å². The number of amides is 2. The van der Waals surface area contributed by atoms with Crippen LogP contribution in [0.4, 0.5) is 4.79 Å². The Labute approximate surface area is 114 Å². The minimum absolute atomic E-state index is 0.0900. The molecule has 108 valence electrons. The topological polar surface area (TPSA) is 60.9 Å². The summed E-state index contributed by atoms with van der Waals surface area (Å²) in [5, 5.41) is 8.95. The van der Waals surface area contributed by atoms with Crippen LogP contribution in [0.15, 0.2) is 0 Å². The maximum Gasteiger partial charge on any atom is 0.320 e. The third-order valence-electron chi connectivity index (χ3n) is 4.42. The smallest absolute Gasteiger partial charge is 0.320 e. The Kier molecular flexibility index (Phi) is 4.02. The quantitative estimate of drug-likeness (QED) is 0.829. The molecule has 0 bridgehead atoms. The Morgan fingerprint density at radius 3 is 2.00 bits per heavy atom. The Hall–Kier alpha value is -1.26. The number of carbonyl (C=O) groups is 2. The van der Waals surface area contributed by atoms with Gasteiger partial charge >= 0.3 is 12.0 Å². The normalized spacial score (nSPS) is 29.8. The summed E-state index contributed by atoms with van der Waals surface area (Å²) in [5.41, 5.74) is 0. The van der Waals surface area contributed by atoms with Crippen molar-refractivity contribution in [2.75, 3.05) is 26.2 Å². The molecule has 2 amide bonds. The number of nitrogens with zero attached hydrogens (tertiary/aromatic N) is 2. The molecule has 0 spiro atoms. The Morgan fingerprint density at radius 2 is 1.53 bits per heavy atom. The zero-order chi connectivity index (χ0) is 14.2. The van der Waals surface area contributed by atoms with Gasteiger partial charge in [0.25, 0.3) is 0 Å². The molecule has 0 aliphatic carbocycles. The maximum atomic E-state index is 12.3. The molecule has 5 heteroatoms. The van der Waals surface area contributed by atoms with Gasteiger partial charge in [0, 0.05) is 32.1 Å². The van der Waals surface area contributed by atoms with Crippen molar-refractivity contribution in [1.29, 1.82) is 0 Å². The lowest BCUT2D eigenvalue weighted by molar-refractivity contribution is -0.145. The number of hydrogen-bond donors (Lipinski definition) is 1. The molecule has 1 N–H and O–H groups in total. The number of urea groups is 1. The molecule has 2 aliphatic rings. The average molecular weight is 268 g/mol. The molecule has 5 nitrogen and oxygen atoms in total. The molecule has 0 aromatic carbocycles. The summed E-state index contributed by atoms with van der Waals surface area (Å²) < 4.78 is 0. The highest BCUT2D eigenvalue weighted by atomic mass is 16.4. The number of carbonyl (C=O) groups excluding carboxylic acids is 1. The third kappa shape index (κ3) is 3.01. The minimum Gasteiger partial charge on any atom is -0.481 e. The molecule has 2 aliphatic heterocycles. The SMILES string of the molecule is CC1CC(C)CN(C(=O)N2CC(C(C)C(=O)O)C2)C1. The van der Waals surface area contributed by atoms with Gasteiger partial charge in [0.05, 0.1) is 5.92 Å². The van der Waals surface area contributed by atoms with Gasteiger partial charge in [-0.2, -0.15) is 0 Å². The second-order valence-electron chi connectivity index (χ2n) is 6.43. The molecule has 19 heavy (non-hydrogen) atoms. The number of rotatable bonds is 2. The van der Waals surface area contributed by atoms with E-state index in [9.17, 15) is 9.59 Å². The number of piperidine rings is 1. The molecule has 3 unspecified atom stereocenters. The zero-order valence-electron chi connectivity index (χ0n) is 12.0. The number of likely N-dealkylation sites (tertiary alicyclic amines) is 2. The van der Waals surface area contributed by atoms with Gasteiger partial charge in [-0.15, -0.1) is 0 Å². The maximum absolute atomic E-state index is 12.3. The van der Waals surface area contributed by atoms with E-state index in [4.69, 9.17) is 5.11 Å². The van der Waals surface area contributed by atoms with Gasteiger partial charge in [0.15, 0.2) is 0 Å². The summed E-state index contributed by atoms with van der Waals surface area (Å²) in [6.07, 6.45) is 1.18. The molecule has 0 aromatic rings. The van der Waals surface area contributed by atoms with Gasteiger partial charge in [-0.3, -0.25) is 4.79 Å². The minimum atomic E-state index is -0.766. The summed E-state index contributed by atoms with van der Waals surface area (Å²) >= 11 is 0. The van der Waals surface area contributed by atoms with Crippen molar-refractivity contribution in [2.24, 2.45) is 23.7 Å². The molecule has 2 fully saturated rings. The van der Waals surface area contributed by atoms with E-state index in [0.29, 0.717) is 24.9 Å². The molecule has 2 rings (SSSR count). The lowest BCUT2D eigenvalue weighted by Crippen LogP contribution is -2.59. The Balaban J connectivity index is 1.84. The van der Waals surface area contributed by atoms with Crippen molar-refractivity contribution < 1.29 is 14.7 Å². The predicted molar refractivity (Wildman–Crippen MR) is 71.8 cm³/mol. The molecular weight excluding hydrogens is 244 g/mol. The van der Waals surface area contributed by atoms with Crippen LogP contribution in [-0.2, 0) is 4.79 Å². The molecule has 3 atom stereocenters. The number of aliphatic carboxylic acids is 1. The molecule has 2 heterocycles. The number of hydrogen-bond acceptors (Lipinski definition) is 2. The van der Waals surface area contributed by atoms with E-state index < -0.39 is 5.97 Å². The predicted octanol–water partition coefficient (Wildman–Crippen LogP) is 1.74. The van der Waals surface area contributed by atoms with E-state index in [2.05, 4.69) is 13.8 Å². The molecular formula is C14H24N2O3. The number of carboxylic acid groups (broad SMARTS) is 1. The van der Waals surface area contributed by atoms with Gasteiger partial charge in [-0.1, -0.05) is 20.8 Å². The van der Waals surface area contributed by atoms with E-state index in [1.807, 2.05) is 4.90 Å². The van der Waals surface area contributed by atoms with E-state index in [1.165, 1.54) is 6.42 Å². The lowest BCUT2D eigenvalue weighted by Gasteiger charge is -2.45. The fourth-order valence-electron chi connectivity index (χ4n) is 3.21. The highest BCUT2D eigenvalue weighted by Gasteiger charge is 2.39. The first-order valence-electron chi connectivity index (χ1n) is 7.15. The van der Waals surface area contributed by atoms with Crippen LogP contribution < -0.4 is 0 Å². The zero-order valence-corrected chi connectivity index (χ0v) is 12.0. The average Bonchev–Trinajstić information content (AvgIpc) is 2.25. The molecule has 2 saturated heterocycles. The summed E-state index contributed by atoms with van der Waals surface area (Å²) in [7, 11) is 0. The van der Waals surface area contributed by atoms with E-state index in [1.54, 1.807) is 11.8 Å². The summed E-state index contributed by atoms with van der Waals surface area (Å²) in [6, 6.07) is 0.0900. The second kappa shape index (κ2) is 5.39. The molecule has 0 aromatic heterocycles. The van der Waals surface area contributed by atoms with Crippen LogP contribution in [0.3, 0.4) is 0 Å². The highest BCUT2D eigenvalue weighted by molar-refractivity contribution is 5.76. The van der Waals surface area contributed by atoms with Crippen LogP contribution in [-0.4, -0.2) is 53.1 Å². The van der Waals surface area contributed by atoms with Crippen LogP contribution in [0.25, 0.3) is 0 Å². The Morgan fingerprint density at radius 1 is 1.05 bits per heavy atom. The Bertz CT molecular complexity index is 356. The van der Waals surface area contributed by atoms with Crippen molar-refractivity contribution in [1.82, 2.24) is 9.80 Å². The summed E-state index contributed by atoms with van der Waals surface area (Å²) in [4.78, 5) is 26.9. The van der Waals surface area contributed by atoms with Gasteiger partial charge in [0.2, 0.25) is 0 Å². The molecule has 0 saturated carbocycles. The summed E-state index contributed by atoms with van der Waals surface area (Å²) in [6.45, 7) is 8.93. The van der Waals surface area contributed by atoms with Crippen molar-refractivity contribution in [3.05, 3.63) is 0 Å². The van der Waals surface area contributed by atoms with Gasteiger partial charge in [-0.25, -0.2) is 4.79 Å². The standard InChI is InChI=1S/C14H24N2O3/c1-9-4-10(2)6-15(5-9)14(19)16-7-12(8-16)11(3)13(17)18/h9-12H,4-8H2,1-3H3,(H,17,18). The molecule has 0 radical (unpaired) electrons. The first-order valence-corrected chi connectivity index (χ1v) is 7.15. The van der Waals surface area contributed by atoms with Crippen molar-refractivity contribution in [2.45, 2.75) is 27.2 Å². The second-order valence-corrected chi connectivity index (χ2v) is 6.43. The van der Waals surface area contributed by atoms with Crippen molar-refractivity contribution >= 4 is 12.0 Å². The van der Waals surface area contributed by atoms with Crippen molar-refractivity contribution in [3.8, 4) is 0 Å². The summed E-state index contributed by atoms with van der Waals surface area (Å²) in [5.74, 6) is 0.104. The first kappa shape index (κ1) is 14.2. The van der Waals surface area contributed by atoms with Gasteiger partial charge in [-0.05, 0) is 18.3 Å². The van der Waals surface area contributed by atoms with Crippen LogP contribution in [0, 0.1) is 23.7 Å². The van der Waals surface area contributed by atoms with Crippen LogP contribution in [0.2, 0.25) is 0 Å². The number of carboxylic acids is 1. The fourth-order valence-corrected chi connectivity index (χ4v) is 3.21. The van der Waals surface area contributed by atoms with E-state index >= 15 is 0 Å². The van der Waals surface area contributed by atoms with Crippen LogP contribution in [0.5, 0.6) is 0 Å². The largest absolute Gasteiger partial charge is 0.481 e.